The van der Waals surface area contributed by atoms with E-state index in [9.17, 15) is 14.7 Å². The highest BCUT2D eigenvalue weighted by Gasteiger charge is 2.33. The van der Waals surface area contributed by atoms with Gasteiger partial charge < -0.3 is 14.5 Å². The van der Waals surface area contributed by atoms with Gasteiger partial charge in [0.05, 0.1) is 10.8 Å². The van der Waals surface area contributed by atoms with Crippen LogP contribution in [0.4, 0.5) is 0 Å². The van der Waals surface area contributed by atoms with Gasteiger partial charge in [-0.3, -0.25) is 9.59 Å². The third-order valence-corrected chi connectivity index (χ3v) is 4.67. The molecule has 2 atom stereocenters. The van der Waals surface area contributed by atoms with E-state index in [0.717, 1.165) is 4.88 Å². The number of nitrogens with zero attached hydrogens (tertiary/aromatic N) is 2. The van der Waals surface area contributed by atoms with Crippen molar-refractivity contribution in [3.05, 3.63) is 29.3 Å². The van der Waals surface area contributed by atoms with E-state index in [-0.39, 0.29) is 24.1 Å². The average Bonchev–Trinajstić information content (AvgIpc) is 3.16. The molecule has 0 spiro atoms. The normalized spacial score (nSPS) is 21.8. The minimum absolute atomic E-state index is 0.155. The van der Waals surface area contributed by atoms with Gasteiger partial charge in [-0.15, -0.1) is 11.3 Å². The largest absolute Gasteiger partial charge is 0.481 e. The number of carbonyl (C=O) groups excluding carboxylic acids is 1. The topological polar surface area (TPSA) is 83.6 Å². The molecule has 3 rings (SSSR count). The number of rotatable bonds is 3. The van der Waals surface area contributed by atoms with Gasteiger partial charge >= 0.3 is 5.97 Å². The fourth-order valence-corrected chi connectivity index (χ4v) is 3.44. The lowest BCUT2D eigenvalue weighted by Gasteiger charge is -2.34. The van der Waals surface area contributed by atoms with Crippen molar-refractivity contribution in [3.8, 4) is 10.6 Å². The van der Waals surface area contributed by atoms with E-state index in [2.05, 4.69) is 5.16 Å². The van der Waals surface area contributed by atoms with Crippen LogP contribution < -0.4 is 0 Å². The first-order valence-electron chi connectivity index (χ1n) is 7.07. The Morgan fingerprint density at radius 2 is 2.27 bits per heavy atom. The summed E-state index contributed by atoms with van der Waals surface area (Å²) in [7, 11) is 0. The number of amides is 1. The second-order valence-electron chi connectivity index (χ2n) is 5.64. The lowest BCUT2D eigenvalue weighted by Crippen LogP contribution is -2.45. The van der Waals surface area contributed by atoms with Crippen LogP contribution in [0.3, 0.4) is 0 Å². The molecule has 22 heavy (non-hydrogen) atoms. The van der Waals surface area contributed by atoms with E-state index in [1.54, 1.807) is 11.0 Å². The van der Waals surface area contributed by atoms with Crippen molar-refractivity contribution < 1.29 is 19.2 Å². The van der Waals surface area contributed by atoms with Gasteiger partial charge in [-0.2, -0.15) is 0 Å². The summed E-state index contributed by atoms with van der Waals surface area (Å²) >= 11 is 1.50. The number of hydrogen-bond acceptors (Lipinski definition) is 5. The molecule has 116 valence electrons. The number of aliphatic carboxylic acids is 1. The number of carboxylic acid groups (broad SMARTS) is 1. The Morgan fingerprint density at radius 1 is 1.45 bits per heavy atom. The van der Waals surface area contributed by atoms with Crippen molar-refractivity contribution >= 4 is 23.2 Å². The Kier molecular flexibility index (Phi) is 3.98. The summed E-state index contributed by atoms with van der Waals surface area (Å²) in [6.45, 7) is 2.72. The summed E-state index contributed by atoms with van der Waals surface area (Å²) in [5.41, 5.74) is 0.224. The first kappa shape index (κ1) is 14.8. The molecular weight excluding hydrogens is 304 g/mol. The SMILES string of the molecule is CC1CC(C(=O)O)CN(C(=O)c2cc(-c3cccs3)on2)C1. The highest BCUT2D eigenvalue weighted by atomic mass is 32.1. The third-order valence-electron chi connectivity index (χ3n) is 3.79. The molecule has 6 nitrogen and oxygen atoms in total. The van der Waals surface area contributed by atoms with E-state index in [1.807, 2.05) is 24.4 Å². The van der Waals surface area contributed by atoms with Crippen LogP contribution in [0.25, 0.3) is 10.6 Å². The van der Waals surface area contributed by atoms with E-state index in [1.165, 1.54) is 11.3 Å². The second kappa shape index (κ2) is 5.92. The maximum atomic E-state index is 12.5. The zero-order chi connectivity index (χ0) is 15.7. The van der Waals surface area contributed by atoms with Gasteiger partial charge in [0, 0.05) is 19.2 Å². The fourth-order valence-electron chi connectivity index (χ4n) is 2.77. The maximum absolute atomic E-state index is 12.5. The van der Waals surface area contributed by atoms with Crippen LogP contribution in [0.15, 0.2) is 28.1 Å². The fraction of sp³-hybridized carbons (Fsp3) is 0.400. The minimum Gasteiger partial charge on any atom is -0.481 e. The van der Waals surface area contributed by atoms with Gasteiger partial charge in [-0.1, -0.05) is 18.1 Å². The minimum atomic E-state index is -0.858. The van der Waals surface area contributed by atoms with Crippen molar-refractivity contribution in [1.29, 1.82) is 0 Å². The maximum Gasteiger partial charge on any atom is 0.308 e. The zero-order valence-electron chi connectivity index (χ0n) is 12.1. The van der Waals surface area contributed by atoms with Crippen molar-refractivity contribution in [1.82, 2.24) is 10.1 Å². The van der Waals surface area contributed by atoms with Crippen molar-refractivity contribution in [2.24, 2.45) is 11.8 Å². The number of likely N-dealkylation sites (tertiary alicyclic amines) is 1. The Balaban J connectivity index is 1.77. The Morgan fingerprint density at radius 3 is 2.95 bits per heavy atom. The quantitative estimate of drug-likeness (QED) is 0.939. The molecule has 1 amide bonds. The molecule has 1 N–H and O–H groups in total. The monoisotopic (exact) mass is 320 g/mol. The standard InChI is InChI=1S/C15H16N2O4S/c1-9-5-10(15(19)20)8-17(7-9)14(18)11-6-12(21-16-11)13-3-2-4-22-13/h2-4,6,9-10H,5,7-8H2,1H3,(H,19,20). The number of aromatic nitrogens is 1. The predicted molar refractivity (Wildman–Crippen MR) is 80.6 cm³/mol. The summed E-state index contributed by atoms with van der Waals surface area (Å²) in [5.74, 6) is -0.940. The predicted octanol–water partition coefficient (Wildman–Crippen LogP) is 2.59. The molecule has 1 aliphatic heterocycles. The van der Waals surface area contributed by atoms with E-state index in [4.69, 9.17) is 4.52 Å². The number of thiophene rings is 1. The molecule has 1 fully saturated rings. The summed E-state index contributed by atoms with van der Waals surface area (Å²) in [4.78, 5) is 26.2. The second-order valence-corrected chi connectivity index (χ2v) is 6.59. The van der Waals surface area contributed by atoms with E-state index < -0.39 is 11.9 Å². The van der Waals surface area contributed by atoms with Gasteiger partial charge in [-0.05, 0) is 23.8 Å². The van der Waals surface area contributed by atoms with Crippen molar-refractivity contribution in [2.45, 2.75) is 13.3 Å². The van der Waals surface area contributed by atoms with Crippen LogP contribution >= 0.6 is 11.3 Å². The molecule has 0 aromatic carbocycles. The Bertz CT molecular complexity index is 680. The highest BCUT2D eigenvalue weighted by Crippen LogP contribution is 2.27. The summed E-state index contributed by atoms with van der Waals surface area (Å²) in [5, 5.41) is 14.9. The molecule has 2 aromatic rings. The van der Waals surface area contributed by atoms with E-state index >= 15 is 0 Å². The number of carboxylic acids is 1. The molecule has 0 bridgehead atoms. The Hall–Kier alpha value is -2.15. The molecule has 2 aromatic heterocycles. The molecule has 0 radical (unpaired) electrons. The third kappa shape index (κ3) is 2.89. The summed E-state index contributed by atoms with van der Waals surface area (Å²) in [6, 6.07) is 5.40. The van der Waals surface area contributed by atoms with Crippen LogP contribution in [0, 0.1) is 11.8 Å². The van der Waals surface area contributed by atoms with Gasteiger partial charge in [0.2, 0.25) is 0 Å². The van der Waals surface area contributed by atoms with Crippen molar-refractivity contribution in [2.75, 3.05) is 13.1 Å². The molecule has 2 unspecified atom stereocenters. The molecule has 0 aliphatic carbocycles. The number of hydrogen-bond donors (Lipinski definition) is 1. The van der Waals surface area contributed by atoms with Crippen LogP contribution in [-0.2, 0) is 4.79 Å². The van der Waals surface area contributed by atoms with Crippen LogP contribution in [0.1, 0.15) is 23.8 Å². The highest BCUT2D eigenvalue weighted by molar-refractivity contribution is 7.13. The van der Waals surface area contributed by atoms with Crippen LogP contribution in [-0.4, -0.2) is 40.1 Å². The summed E-state index contributed by atoms with van der Waals surface area (Å²) < 4.78 is 5.22. The molecule has 1 saturated heterocycles. The smallest absolute Gasteiger partial charge is 0.308 e. The van der Waals surface area contributed by atoms with E-state index in [0.29, 0.717) is 18.7 Å². The van der Waals surface area contributed by atoms with Crippen molar-refractivity contribution in [3.63, 3.8) is 0 Å². The van der Waals surface area contributed by atoms with Crippen LogP contribution in [0.5, 0.6) is 0 Å². The molecular formula is C15H16N2O4S. The van der Waals surface area contributed by atoms with Crippen LogP contribution in [0.2, 0.25) is 0 Å². The van der Waals surface area contributed by atoms with Gasteiger partial charge in [0.1, 0.15) is 0 Å². The number of carbonyl (C=O) groups is 2. The lowest BCUT2D eigenvalue weighted by molar-refractivity contribution is -0.143. The first-order chi connectivity index (χ1) is 10.5. The van der Waals surface area contributed by atoms with Gasteiger partial charge in [-0.25, -0.2) is 0 Å². The molecule has 7 heteroatoms. The van der Waals surface area contributed by atoms with Gasteiger partial charge in [0.15, 0.2) is 11.5 Å². The van der Waals surface area contributed by atoms with Gasteiger partial charge in [0.25, 0.3) is 5.91 Å². The Labute approximate surface area is 131 Å². The zero-order valence-corrected chi connectivity index (χ0v) is 12.9. The number of piperidine rings is 1. The summed E-state index contributed by atoms with van der Waals surface area (Å²) in [6.07, 6.45) is 0.596. The molecule has 3 heterocycles. The lowest BCUT2D eigenvalue weighted by atomic mass is 9.90. The average molecular weight is 320 g/mol. The molecule has 1 aliphatic rings. The molecule has 0 saturated carbocycles. The first-order valence-corrected chi connectivity index (χ1v) is 7.95.